The molecular formula is C32H36ClFN6O5S. The van der Waals surface area contributed by atoms with Crippen LogP contribution in [0.5, 0.6) is 0 Å². The number of rotatable bonds is 8. The van der Waals surface area contributed by atoms with Crippen molar-refractivity contribution in [2.45, 2.75) is 63.1 Å². The Bertz CT molecular complexity index is 1610. The third kappa shape index (κ3) is 5.26. The van der Waals surface area contributed by atoms with Crippen LogP contribution in [0, 0.1) is 11.2 Å². The average molecular weight is 671 g/mol. The lowest BCUT2D eigenvalue weighted by Crippen LogP contribution is -2.59. The largest absolute Gasteiger partial charge is 0.481 e. The lowest BCUT2D eigenvalue weighted by Gasteiger charge is -2.54. The maximum absolute atomic E-state index is 14.0. The normalized spacial score (nSPS) is 29.5. The Hall–Kier alpha value is -3.55. The Balaban J connectivity index is 1.15. The maximum atomic E-state index is 14.0. The van der Waals surface area contributed by atoms with Crippen LogP contribution in [0.4, 0.5) is 9.18 Å². The van der Waals surface area contributed by atoms with E-state index in [9.17, 15) is 23.9 Å². The number of urea groups is 1. The van der Waals surface area contributed by atoms with Crippen molar-refractivity contribution in [3.63, 3.8) is 0 Å². The first-order valence-electron chi connectivity index (χ1n) is 15.8. The number of amides is 2. The zero-order valence-electron chi connectivity index (χ0n) is 25.5. The van der Waals surface area contributed by atoms with E-state index in [4.69, 9.17) is 21.3 Å². The predicted octanol–water partition coefficient (Wildman–Crippen LogP) is 4.44. The van der Waals surface area contributed by atoms with E-state index >= 15 is 0 Å². The van der Waals surface area contributed by atoms with E-state index in [0.29, 0.717) is 79.7 Å². The van der Waals surface area contributed by atoms with Gasteiger partial charge < -0.3 is 25.0 Å². The molecule has 14 heteroatoms. The molecule has 244 valence electrons. The van der Waals surface area contributed by atoms with Crippen molar-refractivity contribution in [2.24, 2.45) is 10.4 Å². The summed E-state index contributed by atoms with van der Waals surface area (Å²) >= 11 is 7.93. The van der Waals surface area contributed by atoms with Crippen LogP contribution in [0.25, 0.3) is 0 Å². The van der Waals surface area contributed by atoms with Crippen molar-refractivity contribution in [1.29, 1.82) is 0 Å². The molecule has 11 nitrogen and oxygen atoms in total. The Morgan fingerprint density at radius 3 is 2.59 bits per heavy atom. The molecule has 3 saturated carbocycles. The van der Waals surface area contributed by atoms with Crippen LogP contribution in [-0.2, 0) is 14.3 Å². The number of esters is 1. The molecule has 0 unspecified atom stereocenters. The van der Waals surface area contributed by atoms with Crippen LogP contribution < -0.4 is 5.32 Å². The molecule has 5 fully saturated rings. The second kappa shape index (κ2) is 11.9. The number of piperazine rings is 1. The van der Waals surface area contributed by atoms with Crippen molar-refractivity contribution < 1.29 is 28.6 Å². The highest BCUT2D eigenvalue weighted by atomic mass is 35.5. The molecule has 6 aliphatic rings. The number of nitrogens with zero attached hydrogens (tertiary/aromatic N) is 5. The number of carboxylic acid groups (broad SMARTS) is 1. The number of fused-ring (bicyclic) bond motifs is 4. The average Bonchev–Trinajstić information content (AvgIpc) is 3.70. The lowest BCUT2D eigenvalue weighted by molar-refractivity contribution is -0.158. The summed E-state index contributed by atoms with van der Waals surface area (Å²) in [5.74, 6) is -1.25. The van der Waals surface area contributed by atoms with Gasteiger partial charge in [0.15, 0.2) is 10.8 Å². The summed E-state index contributed by atoms with van der Waals surface area (Å²) in [5, 5.41) is 15.8. The number of aliphatic carboxylic acids is 1. The molecule has 2 amide bonds. The van der Waals surface area contributed by atoms with Gasteiger partial charge in [0.2, 0.25) is 0 Å². The SMILES string of the molecule is CCOC(=O)C1=C(CN2CCN3C(=O)N(C45CCC(C(=O)O)(CC4)CC5)C[C@@H]3C2)NC(c2nccs2)=N[C@H]1c1ccc(F)cc1Cl. The fourth-order valence-corrected chi connectivity index (χ4v) is 8.85. The monoisotopic (exact) mass is 670 g/mol. The summed E-state index contributed by atoms with van der Waals surface area (Å²) in [6.45, 7) is 4.59. The highest BCUT2D eigenvalue weighted by Crippen LogP contribution is 2.55. The van der Waals surface area contributed by atoms with Gasteiger partial charge in [0, 0.05) is 66.1 Å². The quantitative estimate of drug-likeness (QED) is 0.395. The molecule has 46 heavy (non-hydrogen) atoms. The fourth-order valence-electron chi connectivity index (χ4n) is 7.99. The fraction of sp³-hybridized carbons (Fsp3) is 0.531. The number of halogens is 2. The molecular weight excluding hydrogens is 635 g/mol. The van der Waals surface area contributed by atoms with Gasteiger partial charge in [-0.25, -0.2) is 19.0 Å². The van der Waals surface area contributed by atoms with E-state index in [1.54, 1.807) is 19.2 Å². The van der Waals surface area contributed by atoms with Crippen LogP contribution in [0.2, 0.25) is 5.02 Å². The zero-order valence-corrected chi connectivity index (χ0v) is 27.1. The van der Waals surface area contributed by atoms with Gasteiger partial charge in [0.1, 0.15) is 11.9 Å². The third-order valence-electron chi connectivity index (χ3n) is 10.6. The van der Waals surface area contributed by atoms with Gasteiger partial charge in [0.05, 0.1) is 23.6 Å². The number of benzene rings is 1. The van der Waals surface area contributed by atoms with Crippen LogP contribution >= 0.6 is 22.9 Å². The zero-order chi connectivity index (χ0) is 32.2. The minimum Gasteiger partial charge on any atom is -0.481 e. The molecule has 2 atom stereocenters. The molecule has 2 N–H and O–H groups in total. The van der Waals surface area contributed by atoms with Gasteiger partial charge in [-0.3, -0.25) is 14.7 Å². The number of aromatic nitrogens is 1. The Labute approximate surface area is 275 Å². The summed E-state index contributed by atoms with van der Waals surface area (Å²) < 4.78 is 19.6. The van der Waals surface area contributed by atoms with Crippen LogP contribution in [0.15, 0.2) is 46.0 Å². The molecule has 1 aromatic heterocycles. The number of amidine groups is 1. The van der Waals surface area contributed by atoms with Gasteiger partial charge in [-0.15, -0.1) is 11.3 Å². The highest BCUT2D eigenvalue weighted by Gasteiger charge is 2.58. The van der Waals surface area contributed by atoms with Gasteiger partial charge >= 0.3 is 18.0 Å². The van der Waals surface area contributed by atoms with Crippen molar-refractivity contribution in [1.82, 2.24) is 25.0 Å². The number of thiazole rings is 1. The van der Waals surface area contributed by atoms with Crippen LogP contribution in [0.3, 0.4) is 0 Å². The number of ether oxygens (including phenoxy) is 1. The van der Waals surface area contributed by atoms with E-state index in [2.05, 4.69) is 15.2 Å². The first-order chi connectivity index (χ1) is 22.1. The summed E-state index contributed by atoms with van der Waals surface area (Å²) in [6, 6.07) is 3.21. The van der Waals surface area contributed by atoms with E-state index in [-0.39, 0.29) is 29.2 Å². The topological polar surface area (TPSA) is 128 Å². The summed E-state index contributed by atoms with van der Waals surface area (Å²) in [4.78, 5) is 54.8. The van der Waals surface area contributed by atoms with Gasteiger partial charge in [0.25, 0.3) is 0 Å². The molecule has 4 heterocycles. The molecule has 8 rings (SSSR count). The molecule has 1 aromatic carbocycles. The van der Waals surface area contributed by atoms with E-state index in [1.165, 1.54) is 23.5 Å². The Kier molecular flexibility index (Phi) is 8.05. The second-order valence-corrected chi connectivity index (χ2v) is 14.2. The number of carbonyl (C=O) groups is 3. The molecule has 2 bridgehead atoms. The predicted molar refractivity (Wildman–Crippen MR) is 169 cm³/mol. The number of aliphatic imine (C=N–C) groups is 1. The van der Waals surface area contributed by atoms with Crippen molar-refractivity contribution in [2.75, 3.05) is 39.3 Å². The van der Waals surface area contributed by atoms with Gasteiger partial charge in [-0.05, 0) is 57.6 Å². The summed E-state index contributed by atoms with van der Waals surface area (Å²) in [6.07, 6.45) is 5.69. The number of hydrogen-bond donors (Lipinski definition) is 2. The van der Waals surface area contributed by atoms with E-state index in [0.717, 1.165) is 19.3 Å². The van der Waals surface area contributed by atoms with Crippen LogP contribution in [0.1, 0.15) is 62.1 Å². The lowest BCUT2D eigenvalue weighted by atomic mass is 9.57. The molecule has 2 saturated heterocycles. The minimum absolute atomic E-state index is 0.0339. The smallest absolute Gasteiger partial charge is 0.338 e. The second-order valence-electron chi connectivity index (χ2n) is 12.9. The number of carboxylic acids is 1. The standard InChI is InChI=1S/C32H36ClFN6O5S/c1-2-45-28(41)24-23(36-26(27-35-11-14-46-27)37-25(24)21-4-3-19(34)15-22(21)33)18-38-12-13-39-20(16-38)17-40(30(39)44)32-8-5-31(6-9-32,7-10-32)29(42)43/h3-4,11,14-15,20,25H,2,5-10,12-13,16-18H2,1H3,(H,36,37)(H,42,43)/t20-,25-,31?,32?/m0/s1. The van der Waals surface area contributed by atoms with Crippen molar-refractivity contribution in [3.05, 3.63) is 62.5 Å². The molecule has 3 aliphatic heterocycles. The van der Waals surface area contributed by atoms with E-state index < -0.39 is 29.2 Å². The summed E-state index contributed by atoms with van der Waals surface area (Å²) in [5.41, 5.74) is 0.464. The van der Waals surface area contributed by atoms with E-state index in [1.807, 2.05) is 15.2 Å². The number of hydrogen-bond acceptors (Lipinski definition) is 9. The Morgan fingerprint density at radius 2 is 1.93 bits per heavy atom. The van der Waals surface area contributed by atoms with Gasteiger partial charge in [-0.2, -0.15) is 0 Å². The first-order valence-corrected chi connectivity index (χ1v) is 17.0. The third-order valence-corrected chi connectivity index (χ3v) is 11.7. The number of nitrogens with one attached hydrogen (secondary N) is 1. The van der Waals surface area contributed by atoms with Crippen molar-refractivity contribution >= 4 is 46.7 Å². The molecule has 3 aliphatic carbocycles. The maximum Gasteiger partial charge on any atom is 0.338 e. The minimum atomic E-state index is -0.846. The molecule has 0 spiro atoms. The highest BCUT2D eigenvalue weighted by molar-refractivity contribution is 7.11. The first kappa shape index (κ1) is 31.1. The molecule has 2 aromatic rings. The Morgan fingerprint density at radius 1 is 1.17 bits per heavy atom. The summed E-state index contributed by atoms with van der Waals surface area (Å²) in [7, 11) is 0. The van der Waals surface area contributed by atoms with Crippen LogP contribution in [-0.4, -0.2) is 99.5 Å². The van der Waals surface area contributed by atoms with Gasteiger partial charge in [-0.1, -0.05) is 17.7 Å². The molecule has 0 radical (unpaired) electrons. The number of carbonyl (C=O) groups excluding carboxylic acids is 2. The van der Waals surface area contributed by atoms with Crippen molar-refractivity contribution in [3.8, 4) is 0 Å².